The van der Waals surface area contributed by atoms with E-state index in [0.29, 0.717) is 11.5 Å². The average Bonchev–Trinajstić information content (AvgIpc) is 2.89. The number of nitrogens with one attached hydrogen (secondary N) is 2. The predicted octanol–water partition coefficient (Wildman–Crippen LogP) is 2.57. The topological polar surface area (TPSA) is 79.6 Å². The summed E-state index contributed by atoms with van der Waals surface area (Å²) < 4.78 is 0. The maximum atomic E-state index is 5.69. The first kappa shape index (κ1) is 11.3. The molecule has 4 rings (SSSR count). The number of aryl methyl sites for hydroxylation is 1. The molecule has 3 heterocycles. The molecular formula is C15H15N5. The molecule has 0 saturated heterocycles. The van der Waals surface area contributed by atoms with Crippen LogP contribution in [0.3, 0.4) is 0 Å². The number of benzene rings is 1. The highest BCUT2D eigenvalue weighted by molar-refractivity contribution is 5.78. The molecule has 100 valence electrons. The Bertz CT molecular complexity index is 790. The quantitative estimate of drug-likeness (QED) is 0.631. The van der Waals surface area contributed by atoms with E-state index in [1.807, 2.05) is 6.07 Å². The maximum absolute atomic E-state index is 5.69. The van der Waals surface area contributed by atoms with E-state index >= 15 is 0 Å². The van der Waals surface area contributed by atoms with Gasteiger partial charge in [-0.25, -0.2) is 9.97 Å². The van der Waals surface area contributed by atoms with Gasteiger partial charge in [0.25, 0.3) is 0 Å². The average molecular weight is 265 g/mol. The van der Waals surface area contributed by atoms with E-state index in [-0.39, 0.29) is 0 Å². The lowest BCUT2D eigenvalue weighted by Crippen LogP contribution is -2.11. The highest BCUT2D eigenvalue weighted by Crippen LogP contribution is 2.28. The van der Waals surface area contributed by atoms with Crippen molar-refractivity contribution in [3.63, 3.8) is 0 Å². The number of nitrogens with two attached hydrogens (primary N) is 1. The van der Waals surface area contributed by atoms with E-state index in [0.717, 1.165) is 29.9 Å². The van der Waals surface area contributed by atoms with E-state index in [4.69, 9.17) is 5.73 Å². The number of rotatable bonds is 1. The Morgan fingerprint density at radius 3 is 3.00 bits per heavy atom. The van der Waals surface area contributed by atoms with E-state index in [2.05, 4.69) is 38.5 Å². The normalized spacial score (nSPS) is 14.0. The fourth-order valence-electron chi connectivity index (χ4n) is 2.67. The summed E-state index contributed by atoms with van der Waals surface area (Å²) in [5.41, 5.74) is 10.9. The van der Waals surface area contributed by atoms with Crippen LogP contribution in [0, 0.1) is 0 Å². The van der Waals surface area contributed by atoms with Crippen LogP contribution in [0.2, 0.25) is 0 Å². The third-order valence-electron chi connectivity index (χ3n) is 3.68. The summed E-state index contributed by atoms with van der Waals surface area (Å²) in [6.45, 7) is 1.06. The Hall–Kier alpha value is -2.56. The van der Waals surface area contributed by atoms with E-state index in [1.165, 1.54) is 17.7 Å². The first-order valence-electron chi connectivity index (χ1n) is 6.79. The van der Waals surface area contributed by atoms with Crippen LogP contribution >= 0.6 is 0 Å². The molecule has 20 heavy (non-hydrogen) atoms. The number of aromatic amines is 1. The summed E-state index contributed by atoms with van der Waals surface area (Å²) in [5, 5.41) is 3.42. The smallest absolute Gasteiger partial charge is 0.180 e. The number of imidazole rings is 1. The summed E-state index contributed by atoms with van der Waals surface area (Å²) in [4.78, 5) is 12.1. The van der Waals surface area contributed by atoms with Gasteiger partial charge in [0.2, 0.25) is 0 Å². The van der Waals surface area contributed by atoms with Crippen LogP contribution in [0.4, 0.5) is 11.5 Å². The van der Waals surface area contributed by atoms with Crippen molar-refractivity contribution in [3.05, 3.63) is 35.9 Å². The Morgan fingerprint density at radius 2 is 2.05 bits per heavy atom. The van der Waals surface area contributed by atoms with Gasteiger partial charge in [0.05, 0.1) is 5.52 Å². The molecule has 1 aromatic carbocycles. The minimum absolute atomic E-state index is 0.491. The van der Waals surface area contributed by atoms with Gasteiger partial charge in [-0.05, 0) is 48.7 Å². The molecule has 1 aliphatic heterocycles. The second kappa shape index (κ2) is 4.23. The molecule has 0 spiro atoms. The van der Waals surface area contributed by atoms with Crippen LogP contribution in [0.5, 0.6) is 0 Å². The summed E-state index contributed by atoms with van der Waals surface area (Å²) >= 11 is 0. The van der Waals surface area contributed by atoms with Crippen LogP contribution in [0.15, 0.2) is 30.3 Å². The first-order chi connectivity index (χ1) is 9.79. The molecular weight excluding hydrogens is 250 g/mol. The minimum Gasteiger partial charge on any atom is -0.385 e. The van der Waals surface area contributed by atoms with Crippen molar-refractivity contribution in [2.24, 2.45) is 0 Å². The van der Waals surface area contributed by atoms with Gasteiger partial charge >= 0.3 is 0 Å². The zero-order chi connectivity index (χ0) is 13.5. The number of pyridine rings is 1. The van der Waals surface area contributed by atoms with Gasteiger partial charge in [0.1, 0.15) is 11.6 Å². The van der Waals surface area contributed by atoms with Gasteiger partial charge in [0.15, 0.2) is 5.65 Å². The molecule has 0 amide bonds. The van der Waals surface area contributed by atoms with Crippen molar-refractivity contribution >= 4 is 22.7 Å². The summed E-state index contributed by atoms with van der Waals surface area (Å²) in [7, 11) is 0. The molecule has 3 aromatic rings. The molecule has 0 radical (unpaired) electrons. The Balaban J connectivity index is 1.82. The molecule has 0 bridgehead atoms. The lowest BCUT2D eigenvalue weighted by Gasteiger charge is -2.18. The lowest BCUT2D eigenvalue weighted by molar-refractivity contribution is 0.830. The van der Waals surface area contributed by atoms with Crippen molar-refractivity contribution in [2.45, 2.75) is 12.8 Å². The van der Waals surface area contributed by atoms with E-state index in [9.17, 15) is 0 Å². The van der Waals surface area contributed by atoms with E-state index in [1.54, 1.807) is 6.07 Å². The maximum Gasteiger partial charge on any atom is 0.180 e. The van der Waals surface area contributed by atoms with Crippen molar-refractivity contribution in [2.75, 3.05) is 17.6 Å². The number of nitrogens with zero attached hydrogens (tertiary/aromatic N) is 2. The van der Waals surface area contributed by atoms with Crippen LogP contribution < -0.4 is 11.1 Å². The fraction of sp³-hybridized carbons (Fsp3) is 0.200. The minimum atomic E-state index is 0.491. The third kappa shape index (κ3) is 1.79. The fourth-order valence-corrected chi connectivity index (χ4v) is 2.67. The summed E-state index contributed by atoms with van der Waals surface area (Å²) in [6, 6.07) is 10.1. The van der Waals surface area contributed by atoms with Crippen LogP contribution in [0.25, 0.3) is 22.6 Å². The molecule has 0 unspecified atom stereocenters. The lowest BCUT2D eigenvalue weighted by atomic mass is 10.0. The zero-order valence-corrected chi connectivity index (χ0v) is 11.0. The van der Waals surface area contributed by atoms with E-state index < -0.39 is 0 Å². The number of fused-ring (bicyclic) bond motifs is 2. The van der Waals surface area contributed by atoms with Crippen molar-refractivity contribution < 1.29 is 0 Å². The van der Waals surface area contributed by atoms with Crippen molar-refractivity contribution in [3.8, 4) is 11.4 Å². The van der Waals surface area contributed by atoms with Crippen LogP contribution in [0.1, 0.15) is 12.0 Å². The molecule has 4 N–H and O–H groups in total. The molecule has 5 nitrogen and oxygen atoms in total. The first-order valence-corrected chi connectivity index (χ1v) is 6.79. The summed E-state index contributed by atoms with van der Waals surface area (Å²) in [5.74, 6) is 1.33. The Kier molecular flexibility index (Phi) is 2.39. The number of H-pyrrole nitrogens is 1. The molecule has 5 heteroatoms. The number of nitrogen functional groups attached to an aromatic ring is 1. The van der Waals surface area contributed by atoms with Gasteiger partial charge in [-0.1, -0.05) is 0 Å². The molecule has 0 atom stereocenters. The van der Waals surface area contributed by atoms with Crippen LogP contribution in [-0.4, -0.2) is 21.5 Å². The van der Waals surface area contributed by atoms with Gasteiger partial charge in [-0.3, -0.25) is 0 Å². The van der Waals surface area contributed by atoms with Gasteiger partial charge in [-0.2, -0.15) is 0 Å². The van der Waals surface area contributed by atoms with Crippen molar-refractivity contribution in [1.29, 1.82) is 0 Å². The van der Waals surface area contributed by atoms with Crippen molar-refractivity contribution in [1.82, 2.24) is 15.0 Å². The third-order valence-corrected chi connectivity index (χ3v) is 3.68. The second-order valence-corrected chi connectivity index (χ2v) is 5.09. The molecule has 0 fully saturated rings. The monoisotopic (exact) mass is 265 g/mol. The van der Waals surface area contributed by atoms with Gasteiger partial charge in [-0.15, -0.1) is 0 Å². The SMILES string of the molecule is Nc1ccc2[nH]c(-c3ccc4c(c3)CCCN4)nc2n1. The Labute approximate surface area is 116 Å². The van der Waals surface area contributed by atoms with Gasteiger partial charge < -0.3 is 16.0 Å². The molecule has 0 aliphatic carbocycles. The molecule has 0 saturated carbocycles. The standard InChI is InChI=1S/C15H15N5/c16-13-6-5-12-15(19-13)20-14(18-12)10-3-4-11-9(8-10)2-1-7-17-11/h3-6,8,17H,1-2,7H2,(H3,16,18,19,20). The number of aromatic nitrogens is 3. The Morgan fingerprint density at radius 1 is 1.10 bits per heavy atom. The van der Waals surface area contributed by atoms with Gasteiger partial charge in [0, 0.05) is 17.8 Å². The number of hydrogen-bond acceptors (Lipinski definition) is 4. The molecule has 1 aliphatic rings. The highest BCUT2D eigenvalue weighted by atomic mass is 15.0. The second-order valence-electron chi connectivity index (χ2n) is 5.09. The van der Waals surface area contributed by atoms with Crippen LogP contribution in [-0.2, 0) is 6.42 Å². The summed E-state index contributed by atoms with van der Waals surface area (Å²) in [6.07, 6.45) is 2.29. The number of anilines is 2. The number of hydrogen-bond donors (Lipinski definition) is 3. The molecule has 2 aromatic heterocycles. The zero-order valence-electron chi connectivity index (χ0n) is 11.0. The highest BCUT2D eigenvalue weighted by Gasteiger charge is 2.12. The largest absolute Gasteiger partial charge is 0.385 e. The predicted molar refractivity (Wildman–Crippen MR) is 80.5 cm³/mol.